The van der Waals surface area contributed by atoms with E-state index in [4.69, 9.17) is 0 Å². The van der Waals surface area contributed by atoms with E-state index >= 15 is 0 Å². The smallest absolute Gasteiger partial charge is 0.270 e. The summed E-state index contributed by atoms with van der Waals surface area (Å²) in [5, 5.41) is 11.2. The summed E-state index contributed by atoms with van der Waals surface area (Å²) in [6, 6.07) is 5.57. The first-order chi connectivity index (χ1) is 9.63. The van der Waals surface area contributed by atoms with Gasteiger partial charge in [-0.15, -0.1) is 10.2 Å². The number of fused-ring (bicyclic) bond motifs is 1. The molecule has 0 saturated carbocycles. The Hall–Kier alpha value is -2.24. The quantitative estimate of drug-likeness (QED) is 0.885. The molecule has 104 valence electrons. The van der Waals surface area contributed by atoms with Crippen LogP contribution in [0.5, 0.6) is 0 Å². The average Bonchev–Trinajstić information content (AvgIpc) is 2.80. The highest BCUT2D eigenvalue weighted by atomic mass is 16.1. The predicted octanol–water partition coefficient (Wildman–Crippen LogP) is 1.03. The molecule has 1 amide bonds. The lowest BCUT2D eigenvalue weighted by Gasteiger charge is -2.24. The highest BCUT2D eigenvalue weighted by Gasteiger charge is 2.23. The third kappa shape index (κ3) is 2.41. The summed E-state index contributed by atoms with van der Waals surface area (Å²) in [7, 11) is 0. The van der Waals surface area contributed by atoms with Crippen LogP contribution in [0, 0.1) is 13.8 Å². The van der Waals surface area contributed by atoms with Crippen molar-refractivity contribution >= 4 is 5.91 Å². The van der Waals surface area contributed by atoms with Gasteiger partial charge in [-0.1, -0.05) is 6.07 Å². The van der Waals surface area contributed by atoms with E-state index in [1.165, 1.54) is 0 Å². The van der Waals surface area contributed by atoms with Gasteiger partial charge < -0.3 is 9.88 Å². The van der Waals surface area contributed by atoms with Gasteiger partial charge in [-0.25, -0.2) is 4.98 Å². The molecule has 1 atom stereocenters. The molecular formula is C14H17N5O. The Morgan fingerprint density at radius 3 is 3.00 bits per heavy atom. The minimum atomic E-state index is -0.118. The van der Waals surface area contributed by atoms with E-state index in [0.717, 1.165) is 36.7 Å². The Kier molecular flexibility index (Phi) is 3.22. The van der Waals surface area contributed by atoms with Crippen LogP contribution in [0.4, 0.5) is 0 Å². The molecule has 0 bridgehead atoms. The van der Waals surface area contributed by atoms with E-state index in [1.54, 1.807) is 6.07 Å². The lowest BCUT2D eigenvalue weighted by Crippen LogP contribution is -2.41. The molecule has 1 unspecified atom stereocenters. The Labute approximate surface area is 117 Å². The third-order valence-electron chi connectivity index (χ3n) is 3.59. The van der Waals surface area contributed by atoms with E-state index in [1.807, 2.05) is 26.0 Å². The van der Waals surface area contributed by atoms with Gasteiger partial charge >= 0.3 is 0 Å². The molecular weight excluding hydrogens is 254 g/mol. The van der Waals surface area contributed by atoms with Crippen molar-refractivity contribution in [2.75, 3.05) is 0 Å². The maximum atomic E-state index is 12.2. The van der Waals surface area contributed by atoms with Gasteiger partial charge in [0.1, 0.15) is 17.3 Å². The van der Waals surface area contributed by atoms with Gasteiger partial charge in [0, 0.05) is 24.7 Å². The fraction of sp³-hybridized carbons (Fsp3) is 0.429. The average molecular weight is 271 g/mol. The van der Waals surface area contributed by atoms with Crippen LogP contribution in [0.15, 0.2) is 18.2 Å². The summed E-state index contributed by atoms with van der Waals surface area (Å²) in [6.07, 6.45) is 1.72. The first kappa shape index (κ1) is 12.8. The lowest BCUT2D eigenvalue weighted by molar-refractivity contribution is 0.0922. The van der Waals surface area contributed by atoms with Gasteiger partial charge in [-0.2, -0.15) is 0 Å². The van der Waals surface area contributed by atoms with E-state index in [9.17, 15) is 4.79 Å². The monoisotopic (exact) mass is 271 g/mol. The van der Waals surface area contributed by atoms with Crippen molar-refractivity contribution in [3.63, 3.8) is 0 Å². The third-order valence-corrected chi connectivity index (χ3v) is 3.59. The summed E-state index contributed by atoms with van der Waals surface area (Å²) in [5.41, 5.74) is 1.31. The molecule has 20 heavy (non-hydrogen) atoms. The fourth-order valence-electron chi connectivity index (χ4n) is 2.51. The van der Waals surface area contributed by atoms with Gasteiger partial charge in [-0.3, -0.25) is 4.79 Å². The molecule has 3 rings (SSSR count). The van der Waals surface area contributed by atoms with Crippen molar-refractivity contribution in [1.82, 2.24) is 25.1 Å². The Bertz CT molecular complexity index is 649. The number of nitrogens with zero attached hydrogens (tertiary/aromatic N) is 4. The van der Waals surface area contributed by atoms with Crippen molar-refractivity contribution in [3.8, 4) is 0 Å². The number of hydrogen-bond acceptors (Lipinski definition) is 4. The van der Waals surface area contributed by atoms with Gasteiger partial charge in [0.05, 0.1) is 0 Å². The zero-order valence-corrected chi connectivity index (χ0v) is 11.6. The maximum absolute atomic E-state index is 12.2. The zero-order valence-electron chi connectivity index (χ0n) is 11.6. The summed E-state index contributed by atoms with van der Waals surface area (Å²) in [4.78, 5) is 16.4. The topological polar surface area (TPSA) is 72.7 Å². The molecule has 2 aromatic rings. The predicted molar refractivity (Wildman–Crippen MR) is 73.3 cm³/mol. The maximum Gasteiger partial charge on any atom is 0.270 e. The van der Waals surface area contributed by atoms with Crippen LogP contribution in [0.25, 0.3) is 0 Å². The molecule has 6 nitrogen and oxygen atoms in total. The largest absolute Gasteiger partial charge is 0.346 e. The molecule has 3 heterocycles. The number of amides is 1. The first-order valence-electron chi connectivity index (χ1n) is 6.76. The Morgan fingerprint density at radius 2 is 2.20 bits per heavy atom. The van der Waals surface area contributed by atoms with Crippen molar-refractivity contribution in [3.05, 3.63) is 41.2 Å². The second-order valence-corrected chi connectivity index (χ2v) is 5.15. The molecule has 2 aromatic heterocycles. The fourth-order valence-corrected chi connectivity index (χ4v) is 2.51. The molecule has 1 N–H and O–H groups in total. The van der Waals surface area contributed by atoms with Gasteiger partial charge in [0.15, 0.2) is 0 Å². The molecule has 0 aromatic carbocycles. The molecule has 0 fully saturated rings. The second-order valence-electron chi connectivity index (χ2n) is 5.15. The van der Waals surface area contributed by atoms with E-state index in [-0.39, 0.29) is 11.9 Å². The minimum absolute atomic E-state index is 0.104. The van der Waals surface area contributed by atoms with Crippen LogP contribution in [-0.4, -0.2) is 31.7 Å². The van der Waals surface area contributed by atoms with Gasteiger partial charge in [-0.05, 0) is 32.4 Å². The molecule has 0 radical (unpaired) electrons. The van der Waals surface area contributed by atoms with Crippen LogP contribution in [0.2, 0.25) is 0 Å². The summed E-state index contributed by atoms with van der Waals surface area (Å²) < 4.78 is 2.07. The molecule has 6 heteroatoms. The zero-order chi connectivity index (χ0) is 14.1. The number of hydrogen-bond donors (Lipinski definition) is 1. The van der Waals surface area contributed by atoms with Crippen molar-refractivity contribution in [2.45, 2.75) is 39.3 Å². The van der Waals surface area contributed by atoms with Crippen molar-refractivity contribution < 1.29 is 4.79 Å². The number of aryl methyl sites for hydroxylation is 3. The Morgan fingerprint density at radius 1 is 1.35 bits per heavy atom. The van der Waals surface area contributed by atoms with E-state index in [0.29, 0.717) is 5.69 Å². The standard InChI is InChI=1S/C14H17N5O/c1-9-4-3-5-12(15-9)14(20)16-11-6-7-13-18-17-10(2)19(13)8-11/h3-5,11H,6-8H2,1-2H3,(H,16,20). The van der Waals surface area contributed by atoms with E-state index in [2.05, 4.69) is 25.1 Å². The number of aromatic nitrogens is 4. The summed E-state index contributed by atoms with van der Waals surface area (Å²) in [5.74, 6) is 1.78. The summed E-state index contributed by atoms with van der Waals surface area (Å²) in [6.45, 7) is 4.54. The molecule has 1 aliphatic rings. The van der Waals surface area contributed by atoms with Crippen LogP contribution >= 0.6 is 0 Å². The van der Waals surface area contributed by atoms with Crippen molar-refractivity contribution in [2.24, 2.45) is 0 Å². The molecule has 0 saturated heterocycles. The Balaban J connectivity index is 1.70. The number of carbonyl (C=O) groups excluding carboxylic acids is 1. The van der Waals surface area contributed by atoms with Crippen LogP contribution in [-0.2, 0) is 13.0 Å². The van der Waals surface area contributed by atoms with E-state index < -0.39 is 0 Å². The minimum Gasteiger partial charge on any atom is -0.346 e. The molecule has 1 aliphatic heterocycles. The number of carbonyl (C=O) groups is 1. The van der Waals surface area contributed by atoms with Crippen LogP contribution in [0.3, 0.4) is 0 Å². The van der Waals surface area contributed by atoms with Gasteiger partial charge in [0.25, 0.3) is 5.91 Å². The molecule has 0 aliphatic carbocycles. The molecule has 0 spiro atoms. The second kappa shape index (κ2) is 5.03. The van der Waals surface area contributed by atoms with Crippen LogP contribution in [0.1, 0.15) is 34.3 Å². The lowest BCUT2D eigenvalue weighted by atomic mass is 10.1. The normalized spacial score (nSPS) is 17.6. The highest BCUT2D eigenvalue weighted by molar-refractivity contribution is 5.92. The van der Waals surface area contributed by atoms with Gasteiger partial charge in [0.2, 0.25) is 0 Å². The highest BCUT2D eigenvalue weighted by Crippen LogP contribution is 2.15. The van der Waals surface area contributed by atoms with Crippen molar-refractivity contribution in [1.29, 1.82) is 0 Å². The van der Waals surface area contributed by atoms with Crippen LogP contribution < -0.4 is 5.32 Å². The number of rotatable bonds is 2. The summed E-state index contributed by atoms with van der Waals surface area (Å²) >= 11 is 0. The SMILES string of the molecule is Cc1cccc(C(=O)NC2CCc3nnc(C)n3C2)n1. The number of pyridine rings is 1. The first-order valence-corrected chi connectivity index (χ1v) is 6.76. The number of nitrogens with one attached hydrogen (secondary N) is 1.